The molecule has 3 aromatic rings. The molecule has 6 nitrogen and oxygen atoms in total. The molecule has 0 N–H and O–H groups in total. The van der Waals surface area contributed by atoms with E-state index in [0.717, 1.165) is 0 Å². The van der Waals surface area contributed by atoms with E-state index in [1.54, 1.807) is 42.5 Å². The molecule has 0 spiro atoms. The van der Waals surface area contributed by atoms with E-state index in [1.165, 1.54) is 23.5 Å². The summed E-state index contributed by atoms with van der Waals surface area (Å²) in [6.45, 7) is 0. The number of nitro benzene ring substituents is 1. The van der Waals surface area contributed by atoms with Gasteiger partial charge in [0, 0.05) is 10.8 Å². The van der Waals surface area contributed by atoms with Crippen molar-refractivity contribution in [3.63, 3.8) is 0 Å². The van der Waals surface area contributed by atoms with Gasteiger partial charge in [0.2, 0.25) is 0 Å². The zero-order chi connectivity index (χ0) is 17.1. The first-order valence-electron chi connectivity index (χ1n) is 6.85. The molecule has 7 heteroatoms. The Morgan fingerprint density at radius 1 is 1.21 bits per heavy atom. The van der Waals surface area contributed by atoms with Gasteiger partial charge in [-0.15, -0.1) is 11.3 Å². The lowest BCUT2D eigenvalue weighted by atomic mass is 10.1. The van der Waals surface area contributed by atoms with E-state index in [2.05, 4.69) is 4.98 Å². The Morgan fingerprint density at radius 3 is 2.67 bits per heavy atom. The predicted molar refractivity (Wildman–Crippen MR) is 92.5 cm³/mol. The largest absolute Gasteiger partial charge is 0.279 e. The number of hydrogen-bond acceptors (Lipinski definition) is 6. The van der Waals surface area contributed by atoms with Crippen LogP contribution in [0.15, 0.2) is 53.3 Å². The van der Waals surface area contributed by atoms with Crippen molar-refractivity contribution in [1.29, 1.82) is 5.26 Å². The van der Waals surface area contributed by atoms with Crippen LogP contribution in [0.2, 0.25) is 0 Å². The molecule has 24 heavy (non-hydrogen) atoms. The maximum absolute atomic E-state index is 12.1. The average molecular weight is 335 g/mol. The van der Waals surface area contributed by atoms with Crippen LogP contribution in [0.3, 0.4) is 0 Å². The fourth-order valence-electron chi connectivity index (χ4n) is 2.20. The normalized spacial score (nSPS) is 11.2. The molecule has 0 radical (unpaired) electrons. The van der Waals surface area contributed by atoms with Gasteiger partial charge in [-0.05, 0) is 24.3 Å². The molecule has 0 saturated heterocycles. The maximum atomic E-state index is 12.1. The summed E-state index contributed by atoms with van der Waals surface area (Å²) >= 11 is 1.20. The SMILES string of the molecule is N#CC(=Cc1ccccc1[N+](=O)[O-])c1nc(=O)c2ccccc2s1. The summed E-state index contributed by atoms with van der Waals surface area (Å²) in [5.41, 5.74) is -0.146. The summed E-state index contributed by atoms with van der Waals surface area (Å²) in [5, 5.41) is 21.2. The fraction of sp³-hybridized carbons (Fsp3) is 0. The van der Waals surface area contributed by atoms with Crippen LogP contribution >= 0.6 is 11.3 Å². The number of rotatable bonds is 3. The van der Waals surface area contributed by atoms with E-state index < -0.39 is 10.5 Å². The molecule has 3 rings (SSSR count). The summed E-state index contributed by atoms with van der Waals surface area (Å²) in [4.78, 5) is 26.6. The number of para-hydroxylation sites is 1. The van der Waals surface area contributed by atoms with Crippen LogP contribution in [0.5, 0.6) is 0 Å². The van der Waals surface area contributed by atoms with Crippen molar-refractivity contribution in [3.05, 3.63) is 79.6 Å². The monoisotopic (exact) mass is 335 g/mol. The molecule has 1 heterocycles. The zero-order valence-electron chi connectivity index (χ0n) is 12.2. The lowest BCUT2D eigenvalue weighted by Crippen LogP contribution is -2.07. The first-order chi connectivity index (χ1) is 11.6. The molecule has 0 amide bonds. The summed E-state index contributed by atoms with van der Waals surface area (Å²) in [6, 6.07) is 15.0. The van der Waals surface area contributed by atoms with Crippen molar-refractivity contribution >= 4 is 38.8 Å². The standard InChI is InChI=1S/C17H9N3O3S/c18-10-12(9-11-5-1-3-7-14(11)20(22)23)17-19-16(21)13-6-2-4-8-15(13)24-17/h1-9H. The quantitative estimate of drug-likeness (QED) is 0.413. The Labute approximate surface area is 140 Å². The van der Waals surface area contributed by atoms with E-state index in [0.29, 0.717) is 10.1 Å². The highest BCUT2D eigenvalue weighted by molar-refractivity contribution is 7.19. The molecule has 0 bridgehead atoms. The van der Waals surface area contributed by atoms with Crippen LogP contribution in [0.4, 0.5) is 5.69 Å². The number of benzene rings is 2. The van der Waals surface area contributed by atoms with Gasteiger partial charge in [-0.3, -0.25) is 14.9 Å². The molecule has 0 aliphatic heterocycles. The summed E-state index contributed by atoms with van der Waals surface area (Å²) < 4.78 is 0.705. The van der Waals surface area contributed by atoms with Gasteiger partial charge in [0.05, 0.1) is 21.4 Å². The van der Waals surface area contributed by atoms with Crippen molar-refractivity contribution < 1.29 is 4.92 Å². The van der Waals surface area contributed by atoms with Crippen LogP contribution in [0.1, 0.15) is 10.6 Å². The van der Waals surface area contributed by atoms with Gasteiger partial charge in [-0.1, -0.05) is 24.3 Å². The van der Waals surface area contributed by atoms with Crippen LogP contribution in [-0.2, 0) is 0 Å². The number of nitrogens with zero attached hydrogens (tertiary/aromatic N) is 3. The third kappa shape index (κ3) is 2.91. The molecular formula is C17H9N3O3S. The highest BCUT2D eigenvalue weighted by Gasteiger charge is 2.14. The fourth-order valence-corrected chi connectivity index (χ4v) is 3.16. The molecule has 0 atom stereocenters. The van der Waals surface area contributed by atoms with E-state index >= 15 is 0 Å². The molecule has 2 aromatic carbocycles. The second-order valence-electron chi connectivity index (χ2n) is 4.81. The second-order valence-corrected chi connectivity index (χ2v) is 5.84. The molecule has 116 valence electrons. The van der Waals surface area contributed by atoms with E-state index in [-0.39, 0.29) is 21.8 Å². The lowest BCUT2D eigenvalue weighted by Gasteiger charge is -2.01. The molecule has 0 aliphatic carbocycles. The molecule has 0 unspecified atom stereocenters. The maximum Gasteiger partial charge on any atom is 0.279 e. The van der Waals surface area contributed by atoms with E-state index in [1.807, 2.05) is 6.07 Å². The Hall–Kier alpha value is -3.37. The van der Waals surface area contributed by atoms with Crippen molar-refractivity contribution in [2.45, 2.75) is 0 Å². The predicted octanol–water partition coefficient (Wildman–Crippen LogP) is 3.63. The second kappa shape index (κ2) is 6.40. The van der Waals surface area contributed by atoms with E-state index in [9.17, 15) is 20.2 Å². The number of fused-ring (bicyclic) bond motifs is 1. The zero-order valence-corrected chi connectivity index (χ0v) is 13.0. The topological polar surface area (TPSA) is 96.9 Å². The lowest BCUT2D eigenvalue weighted by molar-refractivity contribution is -0.385. The minimum atomic E-state index is -0.517. The molecular weight excluding hydrogens is 326 g/mol. The molecule has 0 saturated carbocycles. The summed E-state index contributed by atoms with van der Waals surface area (Å²) in [5.74, 6) is 0. The molecule has 0 aliphatic rings. The van der Waals surface area contributed by atoms with Crippen molar-refractivity contribution in [3.8, 4) is 6.07 Å². The summed E-state index contributed by atoms with van der Waals surface area (Å²) in [7, 11) is 0. The number of hydrogen-bond donors (Lipinski definition) is 0. The van der Waals surface area contributed by atoms with Gasteiger partial charge < -0.3 is 0 Å². The Kier molecular flexibility index (Phi) is 4.14. The van der Waals surface area contributed by atoms with Crippen LogP contribution in [0, 0.1) is 21.4 Å². The first kappa shape index (κ1) is 15.5. The number of nitro groups is 1. The van der Waals surface area contributed by atoms with Gasteiger partial charge >= 0.3 is 0 Å². The molecule has 1 aromatic heterocycles. The van der Waals surface area contributed by atoms with Gasteiger partial charge in [-0.2, -0.15) is 10.2 Å². The third-order valence-electron chi connectivity index (χ3n) is 3.31. The number of allylic oxidation sites excluding steroid dienone is 1. The van der Waals surface area contributed by atoms with Crippen molar-refractivity contribution in [1.82, 2.24) is 4.98 Å². The highest BCUT2D eigenvalue weighted by atomic mass is 32.1. The smallest absolute Gasteiger partial charge is 0.267 e. The Morgan fingerprint density at radius 2 is 1.92 bits per heavy atom. The first-order valence-corrected chi connectivity index (χ1v) is 7.67. The summed E-state index contributed by atoms with van der Waals surface area (Å²) in [6.07, 6.45) is 1.38. The Bertz CT molecular complexity index is 1080. The molecule has 0 fully saturated rings. The minimum Gasteiger partial charge on any atom is -0.267 e. The number of aromatic nitrogens is 1. The van der Waals surface area contributed by atoms with Crippen LogP contribution in [0.25, 0.3) is 21.7 Å². The minimum absolute atomic E-state index is 0.108. The van der Waals surface area contributed by atoms with Gasteiger partial charge in [-0.25, -0.2) is 0 Å². The van der Waals surface area contributed by atoms with Crippen LogP contribution < -0.4 is 5.56 Å². The van der Waals surface area contributed by atoms with Gasteiger partial charge in [0.1, 0.15) is 11.1 Å². The van der Waals surface area contributed by atoms with E-state index in [4.69, 9.17) is 0 Å². The van der Waals surface area contributed by atoms with Gasteiger partial charge in [0.25, 0.3) is 11.2 Å². The average Bonchev–Trinajstić information content (AvgIpc) is 2.59. The highest BCUT2D eigenvalue weighted by Crippen LogP contribution is 2.27. The van der Waals surface area contributed by atoms with Crippen molar-refractivity contribution in [2.75, 3.05) is 0 Å². The van der Waals surface area contributed by atoms with Crippen molar-refractivity contribution in [2.24, 2.45) is 0 Å². The number of nitriles is 1. The Balaban J connectivity index is 2.19. The van der Waals surface area contributed by atoms with Crippen LogP contribution in [-0.4, -0.2) is 9.91 Å². The third-order valence-corrected chi connectivity index (χ3v) is 4.39. The van der Waals surface area contributed by atoms with Gasteiger partial charge in [0.15, 0.2) is 0 Å².